The summed E-state index contributed by atoms with van der Waals surface area (Å²) in [4.78, 5) is 0. The molecule has 0 bridgehead atoms. The van der Waals surface area contributed by atoms with E-state index in [2.05, 4.69) is 78.5 Å². The van der Waals surface area contributed by atoms with Gasteiger partial charge >= 0.3 is 0 Å². The first-order valence-electron chi connectivity index (χ1n) is 10.3. The van der Waals surface area contributed by atoms with Gasteiger partial charge in [-0.15, -0.1) is 0 Å². The molecule has 1 aliphatic rings. The van der Waals surface area contributed by atoms with Gasteiger partial charge in [-0.1, -0.05) is 54.6 Å². The number of nitrogens with zero attached hydrogens (tertiary/aromatic N) is 2. The van der Waals surface area contributed by atoms with Crippen LogP contribution in [0.5, 0.6) is 5.75 Å². The second kappa shape index (κ2) is 8.66. The number of nitrogens with one attached hydrogen (secondary N) is 1. The standard InChI is InChI=1S/C25H29N3O/c1-18-25(19(2)28(27-18)17-21-7-5-4-6-8-21)22-11-12-23(15-22)26-16-20-9-13-24(29-3)14-10-20/h4-14,22-23,26H,15-17H2,1-3H3/t22-,23-/m1/s1. The first kappa shape index (κ1) is 19.5. The molecule has 4 heteroatoms. The second-order valence-corrected chi connectivity index (χ2v) is 7.79. The maximum Gasteiger partial charge on any atom is 0.118 e. The highest BCUT2D eigenvalue weighted by Crippen LogP contribution is 2.33. The number of allylic oxidation sites excluding steroid dienone is 1. The van der Waals surface area contributed by atoms with E-state index >= 15 is 0 Å². The Morgan fingerprint density at radius 3 is 2.48 bits per heavy atom. The summed E-state index contributed by atoms with van der Waals surface area (Å²) in [6.07, 6.45) is 5.73. The van der Waals surface area contributed by atoms with Crippen LogP contribution in [0.2, 0.25) is 0 Å². The van der Waals surface area contributed by atoms with Gasteiger partial charge in [0.2, 0.25) is 0 Å². The minimum absolute atomic E-state index is 0.387. The fourth-order valence-corrected chi connectivity index (χ4v) is 4.21. The summed E-state index contributed by atoms with van der Waals surface area (Å²) in [7, 11) is 1.70. The van der Waals surface area contributed by atoms with E-state index in [1.807, 2.05) is 12.1 Å². The largest absolute Gasteiger partial charge is 0.497 e. The van der Waals surface area contributed by atoms with Crippen LogP contribution in [0.4, 0.5) is 0 Å². The van der Waals surface area contributed by atoms with Crippen LogP contribution in [0.3, 0.4) is 0 Å². The average molecular weight is 388 g/mol. The zero-order valence-corrected chi connectivity index (χ0v) is 17.4. The van der Waals surface area contributed by atoms with Gasteiger partial charge in [-0.3, -0.25) is 4.68 Å². The molecular formula is C25H29N3O. The van der Waals surface area contributed by atoms with Crippen LogP contribution in [0.15, 0.2) is 66.7 Å². The molecule has 0 unspecified atom stereocenters. The molecule has 0 fully saturated rings. The van der Waals surface area contributed by atoms with Crippen LogP contribution in [-0.2, 0) is 13.1 Å². The molecule has 1 aromatic heterocycles. The highest BCUT2D eigenvalue weighted by atomic mass is 16.5. The van der Waals surface area contributed by atoms with E-state index in [0.29, 0.717) is 12.0 Å². The molecule has 4 rings (SSSR count). The number of hydrogen-bond acceptors (Lipinski definition) is 3. The molecule has 1 aliphatic carbocycles. The fraction of sp³-hybridized carbons (Fsp3) is 0.320. The quantitative estimate of drug-likeness (QED) is 0.594. The number of benzene rings is 2. The highest BCUT2D eigenvalue weighted by molar-refractivity contribution is 5.35. The van der Waals surface area contributed by atoms with Crippen molar-refractivity contribution in [1.29, 1.82) is 0 Å². The van der Waals surface area contributed by atoms with E-state index < -0.39 is 0 Å². The Hall–Kier alpha value is -2.85. The lowest BCUT2D eigenvalue weighted by atomic mass is 9.96. The molecule has 150 valence electrons. The zero-order chi connectivity index (χ0) is 20.2. The number of hydrogen-bond donors (Lipinski definition) is 1. The highest BCUT2D eigenvalue weighted by Gasteiger charge is 2.25. The average Bonchev–Trinajstić information content (AvgIpc) is 3.31. The molecule has 0 radical (unpaired) electrons. The van der Waals surface area contributed by atoms with Crippen molar-refractivity contribution in [2.24, 2.45) is 0 Å². The normalized spacial score (nSPS) is 18.3. The summed E-state index contributed by atoms with van der Waals surface area (Å²) in [6, 6.07) is 19.2. The summed E-state index contributed by atoms with van der Waals surface area (Å²) in [5, 5.41) is 8.50. The molecule has 3 aromatic rings. The SMILES string of the molecule is COc1ccc(CN[C@@H]2C=C[C@@H](c3c(C)nn(Cc4ccccc4)c3C)C2)cc1. The Bertz CT molecular complexity index is 973. The van der Waals surface area contributed by atoms with E-state index in [1.54, 1.807) is 7.11 Å². The van der Waals surface area contributed by atoms with Gasteiger partial charge < -0.3 is 10.1 Å². The predicted octanol–water partition coefficient (Wildman–Crippen LogP) is 4.76. The molecular weight excluding hydrogens is 358 g/mol. The third-order valence-electron chi connectivity index (χ3n) is 5.79. The molecule has 1 heterocycles. The van der Waals surface area contributed by atoms with Gasteiger partial charge in [-0.25, -0.2) is 0 Å². The van der Waals surface area contributed by atoms with Gasteiger partial charge in [0, 0.05) is 29.8 Å². The summed E-state index contributed by atoms with van der Waals surface area (Å²) in [5.41, 5.74) is 6.35. The van der Waals surface area contributed by atoms with E-state index in [9.17, 15) is 0 Å². The Labute approximate surface area is 173 Å². The van der Waals surface area contributed by atoms with Crippen LogP contribution in [0.25, 0.3) is 0 Å². The maximum absolute atomic E-state index is 5.23. The van der Waals surface area contributed by atoms with Crippen molar-refractivity contribution in [3.8, 4) is 5.75 Å². The maximum atomic E-state index is 5.23. The molecule has 1 N–H and O–H groups in total. The fourth-order valence-electron chi connectivity index (χ4n) is 4.21. The third kappa shape index (κ3) is 4.43. The molecule has 29 heavy (non-hydrogen) atoms. The van der Waals surface area contributed by atoms with Crippen LogP contribution < -0.4 is 10.1 Å². The minimum Gasteiger partial charge on any atom is -0.497 e. The third-order valence-corrected chi connectivity index (χ3v) is 5.79. The molecule has 0 saturated carbocycles. The van der Waals surface area contributed by atoms with Crippen molar-refractivity contribution in [3.05, 3.63) is 94.8 Å². The number of ether oxygens (including phenoxy) is 1. The molecule has 0 amide bonds. The number of aromatic nitrogens is 2. The van der Waals surface area contributed by atoms with Gasteiger partial charge in [-0.2, -0.15) is 5.10 Å². The van der Waals surface area contributed by atoms with Crippen molar-refractivity contribution < 1.29 is 4.74 Å². The Morgan fingerprint density at radius 2 is 1.76 bits per heavy atom. The molecule has 0 saturated heterocycles. The van der Waals surface area contributed by atoms with Crippen LogP contribution >= 0.6 is 0 Å². The Kier molecular flexibility index (Phi) is 5.81. The molecule has 0 spiro atoms. The molecule has 4 nitrogen and oxygen atoms in total. The van der Waals surface area contributed by atoms with Crippen LogP contribution in [0, 0.1) is 13.8 Å². The summed E-state index contributed by atoms with van der Waals surface area (Å²) < 4.78 is 7.38. The topological polar surface area (TPSA) is 39.1 Å². The zero-order valence-electron chi connectivity index (χ0n) is 17.4. The summed E-state index contributed by atoms with van der Waals surface area (Å²) >= 11 is 0. The van der Waals surface area contributed by atoms with Crippen LogP contribution in [-0.4, -0.2) is 22.9 Å². The van der Waals surface area contributed by atoms with E-state index in [-0.39, 0.29) is 0 Å². The number of rotatable bonds is 7. The van der Waals surface area contributed by atoms with Gasteiger partial charge in [-0.05, 0) is 43.5 Å². The van der Waals surface area contributed by atoms with Crippen LogP contribution in [0.1, 0.15) is 40.4 Å². The first-order chi connectivity index (χ1) is 14.1. The van der Waals surface area contributed by atoms with Gasteiger partial charge in [0.05, 0.1) is 19.3 Å². The lowest BCUT2D eigenvalue weighted by Crippen LogP contribution is -2.25. The Morgan fingerprint density at radius 1 is 1.00 bits per heavy atom. The summed E-state index contributed by atoms with van der Waals surface area (Å²) in [5.74, 6) is 1.32. The van der Waals surface area contributed by atoms with Crippen molar-refractivity contribution >= 4 is 0 Å². The lowest BCUT2D eigenvalue weighted by molar-refractivity contribution is 0.414. The van der Waals surface area contributed by atoms with Gasteiger partial charge in [0.1, 0.15) is 5.75 Å². The van der Waals surface area contributed by atoms with Crippen molar-refractivity contribution in [3.63, 3.8) is 0 Å². The summed E-state index contributed by atoms with van der Waals surface area (Å²) in [6.45, 7) is 6.01. The Balaban J connectivity index is 1.39. The van der Waals surface area contributed by atoms with Gasteiger partial charge in [0.15, 0.2) is 0 Å². The monoisotopic (exact) mass is 387 g/mol. The first-order valence-corrected chi connectivity index (χ1v) is 10.3. The van der Waals surface area contributed by atoms with E-state index in [4.69, 9.17) is 9.84 Å². The second-order valence-electron chi connectivity index (χ2n) is 7.79. The van der Waals surface area contributed by atoms with Crippen molar-refractivity contribution in [2.75, 3.05) is 7.11 Å². The van der Waals surface area contributed by atoms with Gasteiger partial charge in [0.25, 0.3) is 0 Å². The lowest BCUT2D eigenvalue weighted by Gasteiger charge is -2.15. The van der Waals surface area contributed by atoms with Crippen molar-refractivity contribution in [1.82, 2.24) is 15.1 Å². The smallest absolute Gasteiger partial charge is 0.118 e. The molecule has 2 aromatic carbocycles. The van der Waals surface area contributed by atoms with E-state index in [0.717, 1.165) is 31.0 Å². The molecule has 2 atom stereocenters. The predicted molar refractivity (Wildman–Crippen MR) is 117 cm³/mol. The number of aryl methyl sites for hydroxylation is 1. The van der Waals surface area contributed by atoms with Crippen molar-refractivity contribution in [2.45, 2.75) is 45.3 Å². The molecule has 0 aliphatic heterocycles. The van der Waals surface area contributed by atoms with E-state index in [1.165, 1.54) is 22.4 Å². The minimum atomic E-state index is 0.387. The number of methoxy groups -OCH3 is 1.